The van der Waals surface area contributed by atoms with Crippen molar-refractivity contribution in [2.24, 2.45) is 0 Å². The van der Waals surface area contributed by atoms with Crippen LogP contribution in [0, 0.1) is 0 Å². The number of carbonyl (C=O) groups is 1. The van der Waals surface area contributed by atoms with Gasteiger partial charge in [0.25, 0.3) is 5.91 Å². The summed E-state index contributed by atoms with van der Waals surface area (Å²) in [6.07, 6.45) is 0. The molecule has 0 spiro atoms. The van der Waals surface area contributed by atoms with Crippen LogP contribution in [0.25, 0.3) is 0 Å². The predicted molar refractivity (Wildman–Crippen MR) is 92.0 cm³/mol. The van der Waals surface area contributed by atoms with E-state index in [1.54, 1.807) is 29.5 Å². The second kappa shape index (κ2) is 7.01. The average Bonchev–Trinajstić information content (AvgIpc) is 3.03. The van der Waals surface area contributed by atoms with E-state index in [-0.39, 0.29) is 5.91 Å². The van der Waals surface area contributed by atoms with Crippen LogP contribution in [0.2, 0.25) is 10.0 Å². The van der Waals surface area contributed by atoms with Crippen LogP contribution in [0.5, 0.6) is 0 Å². The van der Waals surface area contributed by atoms with E-state index < -0.39 is 0 Å². The van der Waals surface area contributed by atoms with Crippen LogP contribution in [0.1, 0.15) is 15.2 Å². The Bertz CT molecular complexity index is 652. The lowest BCUT2D eigenvalue weighted by Gasteiger charge is -2.34. The zero-order valence-electron chi connectivity index (χ0n) is 12.0. The number of amides is 1. The molecule has 1 saturated heterocycles. The summed E-state index contributed by atoms with van der Waals surface area (Å²) >= 11 is 13.9. The topological polar surface area (TPSA) is 23.6 Å². The summed E-state index contributed by atoms with van der Waals surface area (Å²) in [7, 11) is 0. The van der Waals surface area contributed by atoms with E-state index in [2.05, 4.69) is 22.4 Å². The maximum atomic E-state index is 12.6. The van der Waals surface area contributed by atoms with Crippen LogP contribution in [-0.2, 0) is 6.54 Å². The summed E-state index contributed by atoms with van der Waals surface area (Å²) in [6.45, 7) is 4.14. The highest BCUT2D eigenvalue weighted by atomic mass is 35.5. The van der Waals surface area contributed by atoms with E-state index in [0.29, 0.717) is 28.7 Å². The number of nitrogens with zero attached hydrogens (tertiary/aromatic N) is 2. The molecule has 1 aliphatic rings. The first kappa shape index (κ1) is 15.8. The third-order valence-electron chi connectivity index (χ3n) is 3.80. The highest BCUT2D eigenvalue weighted by Gasteiger charge is 2.24. The minimum absolute atomic E-state index is 0.0386. The van der Waals surface area contributed by atoms with E-state index in [4.69, 9.17) is 23.2 Å². The lowest BCUT2D eigenvalue weighted by Crippen LogP contribution is -2.48. The van der Waals surface area contributed by atoms with Gasteiger partial charge in [-0.15, -0.1) is 11.3 Å². The molecular formula is C16H16Cl2N2OS. The molecule has 1 fully saturated rings. The summed E-state index contributed by atoms with van der Waals surface area (Å²) < 4.78 is 0. The average molecular weight is 355 g/mol. The van der Waals surface area contributed by atoms with Crippen molar-refractivity contribution < 1.29 is 4.79 Å². The van der Waals surface area contributed by atoms with E-state index in [0.717, 1.165) is 19.6 Å². The van der Waals surface area contributed by atoms with Crippen molar-refractivity contribution in [3.63, 3.8) is 0 Å². The number of hydrogen-bond acceptors (Lipinski definition) is 3. The molecule has 1 aromatic carbocycles. The van der Waals surface area contributed by atoms with Crippen molar-refractivity contribution in [3.05, 3.63) is 56.2 Å². The fourth-order valence-electron chi connectivity index (χ4n) is 2.57. The summed E-state index contributed by atoms with van der Waals surface area (Å²) in [4.78, 5) is 18.1. The third-order valence-corrected chi connectivity index (χ3v) is 5.48. The monoisotopic (exact) mass is 354 g/mol. The molecule has 116 valence electrons. The lowest BCUT2D eigenvalue weighted by atomic mass is 10.1. The van der Waals surface area contributed by atoms with Gasteiger partial charge in [-0.25, -0.2) is 0 Å². The minimum atomic E-state index is -0.0386. The maximum Gasteiger partial charge on any atom is 0.255 e. The zero-order valence-corrected chi connectivity index (χ0v) is 14.3. The van der Waals surface area contributed by atoms with E-state index in [1.807, 2.05) is 4.90 Å². The quantitative estimate of drug-likeness (QED) is 0.831. The van der Waals surface area contributed by atoms with Crippen LogP contribution < -0.4 is 0 Å². The number of benzene rings is 1. The highest BCUT2D eigenvalue weighted by Crippen LogP contribution is 2.27. The van der Waals surface area contributed by atoms with Gasteiger partial charge in [-0.1, -0.05) is 35.3 Å². The molecule has 0 aliphatic carbocycles. The van der Waals surface area contributed by atoms with Gasteiger partial charge in [0.1, 0.15) is 0 Å². The number of carbonyl (C=O) groups excluding carboxylic acids is 1. The van der Waals surface area contributed by atoms with Gasteiger partial charge in [0.05, 0.1) is 15.6 Å². The molecule has 0 atom stereocenters. The first-order valence-electron chi connectivity index (χ1n) is 7.13. The highest BCUT2D eigenvalue weighted by molar-refractivity contribution is 7.09. The minimum Gasteiger partial charge on any atom is -0.336 e. The predicted octanol–water partition coefficient (Wildman–Crippen LogP) is 4.01. The molecule has 1 aliphatic heterocycles. The number of rotatable bonds is 3. The molecule has 1 amide bonds. The Labute approximate surface area is 144 Å². The van der Waals surface area contributed by atoms with Gasteiger partial charge in [-0.2, -0.15) is 0 Å². The standard InChI is InChI=1S/C16H16Cl2N2OS/c17-14-5-1-4-13(15(14)18)16(21)20-8-6-19(7-9-20)11-12-3-2-10-22-12/h1-5,10H,6-9,11H2. The van der Waals surface area contributed by atoms with Gasteiger partial charge in [0.15, 0.2) is 0 Å². The largest absolute Gasteiger partial charge is 0.336 e. The Kier molecular flexibility index (Phi) is 5.03. The fraction of sp³-hybridized carbons (Fsp3) is 0.312. The van der Waals surface area contributed by atoms with E-state index in [9.17, 15) is 4.79 Å². The van der Waals surface area contributed by atoms with Gasteiger partial charge >= 0.3 is 0 Å². The van der Waals surface area contributed by atoms with Crippen LogP contribution >= 0.6 is 34.5 Å². The Morgan fingerprint density at radius 3 is 2.55 bits per heavy atom. The van der Waals surface area contributed by atoms with E-state index >= 15 is 0 Å². The number of thiophene rings is 1. The molecule has 0 radical (unpaired) electrons. The molecule has 6 heteroatoms. The van der Waals surface area contributed by atoms with Crippen molar-refractivity contribution in [1.82, 2.24) is 9.80 Å². The molecule has 0 N–H and O–H groups in total. The van der Waals surface area contributed by atoms with Crippen LogP contribution in [0.3, 0.4) is 0 Å². The van der Waals surface area contributed by atoms with Crippen molar-refractivity contribution in [1.29, 1.82) is 0 Å². The number of piperazine rings is 1. The Hall–Kier alpha value is -1.07. The molecule has 2 aromatic rings. The third kappa shape index (κ3) is 3.46. The van der Waals surface area contributed by atoms with Crippen molar-refractivity contribution >= 4 is 40.4 Å². The Morgan fingerprint density at radius 1 is 1.09 bits per heavy atom. The molecule has 22 heavy (non-hydrogen) atoms. The second-order valence-electron chi connectivity index (χ2n) is 5.25. The summed E-state index contributed by atoms with van der Waals surface area (Å²) in [5.41, 5.74) is 0.487. The summed E-state index contributed by atoms with van der Waals surface area (Å²) in [5, 5.41) is 2.86. The Balaban J connectivity index is 1.61. The van der Waals surface area contributed by atoms with Crippen LogP contribution in [0.4, 0.5) is 0 Å². The van der Waals surface area contributed by atoms with Crippen molar-refractivity contribution in [3.8, 4) is 0 Å². The van der Waals surface area contributed by atoms with Gasteiger partial charge < -0.3 is 4.90 Å². The first-order valence-corrected chi connectivity index (χ1v) is 8.77. The fourth-order valence-corrected chi connectivity index (χ4v) is 3.70. The van der Waals surface area contributed by atoms with Gasteiger partial charge in [0, 0.05) is 37.6 Å². The zero-order chi connectivity index (χ0) is 15.5. The first-order chi connectivity index (χ1) is 10.6. The molecule has 3 nitrogen and oxygen atoms in total. The molecule has 3 rings (SSSR count). The summed E-state index contributed by atoms with van der Waals surface area (Å²) in [6, 6.07) is 9.40. The second-order valence-corrected chi connectivity index (χ2v) is 7.07. The molecule has 0 saturated carbocycles. The SMILES string of the molecule is O=C(c1cccc(Cl)c1Cl)N1CCN(Cc2cccs2)CC1. The summed E-state index contributed by atoms with van der Waals surface area (Å²) in [5.74, 6) is -0.0386. The van der Waals surface area contributed by atoms with Crippen LogP contribution in [-0.4, -0.2) is 41.9 Å². The molecular weight excluding hydrogens is 339 g/mol. The number of halogens is 2. The van der Waals surface area contributed by atoms with Gasteiger partial charge in [-0.05, 0) is 23.6 Å². The van der Waals surface area contributed by atoms with Crippen molar-refractivity contribution in [2.75, 3.05) is 26.2 Å². The molecule has 2 heterocycles. The molecule has 0 bridgehead atoms. The Morgan fingerprint density at radius 2 is 1.86 bits per heavy atom. The maximum absolute atomic E-state index is 12.6. The van der Waals surface area contributed by atoms with Gasteiger partial charge in [-0.3, -0.25) is 9.69 Å². The molecule has 1 aromatic heterocycles. The number of hydrogen-bond donors (Lipinski definition) is 0. The molecule has 0 unspecified atom stereocenters. The lowest BCUT2D eigenvalue weighted by molar-refractivity contribution is 0.0630. The van der Waals surface area contributed by atoms with Crippen LogP contribution in [0.15, 0.2) is 35.7 Å². The van der Waals surface area contributed by atoms with Gasteiger partial charge in [0.2, 0.25) is 0 Å². The smallest absolute Gasteiger partial charge is 0.255 e. The van der Waals surface area contributed by atoms with Crippen molar-refractivity contribution in [2.45, 2.75) is 6.54 Å². The van der Waals surface area contributed by atoms with E-state index in [1.165, 1.54) is 4.88 Å². The normalized spacial score (nSPS) is 16.0.